The lowest BCUT2D eigenvalue weighted by molar-refractivity contribution is 0.511. The summed E-state index contributed by atoms with van der Waals surface area (Å²) < 4.78 is 0. The minimum atomic E-state index is 0.447. The predicted octanol–water partition coefficient (Wildman–Crippen LogP) is 4.69. The molecular formula is C21H24N2. The summed E-state index contributed by atoms with van der Waals surface area (Å²) in [5.41, 5.74) is 7.00. The first-order chi connectivity index (χ1) is 11.3. The fourth-order valence-electron chi connectivity index (χ4n) is 3.82. The molecule has 1 atom stereocenters. The second-order valence-electron chi connectivity index (χ2n) is 6.70. The number of aromatic nitrogens is 1. The Morgan fingerprint density at radius 2 is 1.96 bits per heavy atom. The van der Waals surface area contributed by atoms with Gasteiger partial charge in [0, 0.05) is 22.6 Å². The molecule has 0 fully saturated rings. The van der Waals surface area contributed by atoms with Crippen LogP contribution in [0.25, 0.3) is 10.9 Å². The normalized spacial score (nSPS) is 17.9. The number of aromatic amines is 1. The molecule has 1 aliphatic heterocycles. The summed E-state index contributed by atoms with van der Waals surface area (Å²) in [6.07, 6.45) is 4.63. The van der Waals surface area contributed by atoms with Crippen LogP contribution in [-0.4, -0.2) is 11.5 Å². The van der Waals surface area contributed by atoms with Crippen LogP contribution in [0.5, 0.6) is 0 Å². The summed E-state index contributed by atoms with van der Waals surface area (Å²) in [7, 11) is 0. The molecule has 1 aromatic heterocycles. The molecule has 0 radical (unpaired) electrons. The van der Waals surface area contributed by atoms with Crippen molar-refractivity contribution in [2.24, 2.45) is 0 Å². The molecule has 2 aromatic carbocycles. The van der Waals surface area contributed by atoms with Crippen molar-refractivity contribution in [2.45, 2.75) is 38.6 Å². The number of hydrogen-bond donors (Lipinski definition) is 2. The van der Waals surface area contributed by atoms with Crippen LogP contribution in [0.1, 0.15) is 41.3 Å². The third-order valence-corrected chi connectivity index (χ3v) is 4.98. The van der Waals surface area contributed by atoms with Crippen LogP contribution in [0, 0.1) is 6.92 Å². The lowest BCUT2D eigenvalue weighted by Crippen LogP contribution is -2.21. The summed E-state index contributed by atoms with van der Waals surface area (Å²) in [5.74, 6) is 0. The number of rotatable bonds is 3. The molecule has 0 saturated heterocycles. The van der Waals surface area contributed by atoms with E-state index in [9.17, 15) is 0 Å². The van der Waals surface area contributed by atoms with E-state index in [1.165, 1.54) is 39.7 Å². The third-order valence-electron chi connectivity index (χ3n) is 4.98. The molecule has 4 rings (SSSR count). The second kappa shape index (κ2) is 6.21. The Hall–Kier alpha value is -2.06. The molecule has 1 aliphatic rings. The third kappa shape index (κ3) is 2.91. The Kier molecular flexibility index (Phi) is 3.92. The van der Waals surface area contributed by atoms with Crippen LogP contribution in [0.15, 0.2) is 48.5 Å². The largest absolute Gasteiger partial charge is 0.358 e. The van der Waals surface area contributed by atoms with Crippen LogP contribution in [0.3, 0.4) is 0 Å². The van der Waals surface area contributed by atoms with E-state index in [0.29, 0.717) is 6.04 Å². The minimum absolute atomic E-state index is 0.447. The first-order valence-corrected chi connectivity index (χ1v) is 8.69. The highest BCUT2D eigenvalue weighted by Crippen LogP contribution is 2.33. The van der Waals surface area contributed by atoms with Gasteiger partial charge in [-0.05, 0) is 62.4 Å². The van der Waals surface area contributed by atoms with Gasteiger partial charge in [0.15, 0.2) is 0 Å². The van der Waals surface area contributed by atoms with Gasteiger partial charge < -0.3 is 10.3 Å². The smallest absolute Gasteiger partial charge is 0.0459 e. The summed E-state index contributed by atoms with van der Waals surface area (Å²) in [6, 6.07) is 18.0. The second-order valence-corrected chi connectivity index (χ2v) is 6.70. The summed E-state index contributed by atoms with van der Waals surface area (Å²) in [4.78, 5) is 3.67. The van der Waals surface area contributed by atoms with E-state index in [4.69, 9.17) is 0 Å². The number of hydrogen-bond acceptors (Lipinski definition) is 1. The average molecular weight is 304 g/mol. The van der Waals surface area contributed by atoms with Gasteiger partial charge in [-0.1, -0.05) is 42.0 Å². The quantitative estimate of drug-likeness (QED) is 0.722. The molecule has 1 unspecified atom stereocenters. The average Bonchev–Trinajstić information content (AvgIpc) is 2.80. The van der Waals surface area contributed by atoms with Crippen LogP contribution >= 0.6 is 0 Å². The SMILES string of the molecule is Cc1ccc2[nH]c3c(c2c1)C(CCc1ccccc1)NCCC3. The van der Waals surface area contributed by atoms with Crippen molar-refractivity contribution < 1.29 is 0 Å². The molecule has 2 nitrogen and oxygen atoms in total. The van der Waals surface area contributed by atoms with Gasteiger partial charge in [-0.15, -0.1) is 0 Å². The summed E-state index contributed by atoms with van der Waals surface area (Å²) >= 11 is 0. The van der Waals surface area contributed by atoms with Gasteiger partial charge >= 0.3 is 0 Å². The highest BCUT2D eigenvalue weighted by molar-refractivity contribution is 5.86. The summed E-state index contributed by atoms with van der Waals surface area (Å²) in [6.45, 7) is 3.29. The maximum absolute atomic E-state index is 3.79. The minimum Gasteiger partial charge on any atom is -0.358 e. The molecule has 0 spiro atoms. The number of fused-ring (bicyclic) bond motifs is 3. The fraction of sp³-hybridized carbons (Fsp3) is 0.333. The first-order valence-electron chi connectivity index (χ1n) is 8.69. The zero-order valence-electron chi connectivity index (χ0n) is 13.7. The molecule has 118 valence electrons. The predicted molar refractivity (Wildman–Crippen MR) is 96.9 cm³/mol. The van der Waals surface area contributed by atoms with E-state index >= 15 is 0 Å². The molecule has 0 bridgehead atoms. The number of nitrogens with one attached hydrogen (secondary N) is 2. The van der Waals surface area contributed by atoms with E-state index in [1.54, 1.807) is 0 Å². The standard InChI is InChI=1S/C21H24N2/c1-15-9-11-18-17(14-15)21-19(22-13-5-8-20(21)23-18)12-10-16-6-3-2-4-7-16/h2-4,6-7,9,11,14,19,22-23H,5,8,10,12-13H2,1H3. The Morgan fingerprint density at radius 3 is 2.83 bits per heavy atom. The fourth-order valence-corrected chi connectivity index (χ4v) is 3.82. The molecule has 23 heavy (non-hydrogen) atoms. The van der Waals surface area contributed by atoms with Crippen LogP contribution in [-0.2, 0) is 12.8 Å². The number of benzene rings is 2. The molecule has 2 N–H and O–H groups in total. The maximum Gasteiger partial charge on any atom is 0.0459 e. The lowest BCUT2D eigenvalue weighted by Gasteiger charge is -2.18. The van der Waals surface area contributed by atoms with Gasteiger partial charge in [-0.2, -0.15) is 0 Å². The van der Waals surface area contributed by atoms with Crippen LogP contribution in [0.2, 0.25) is 0 Å². The Labute approximate surface area is 137 Å². The van der Waals surface area contributed by atoms with Crippen LogP contribution in [0.4, 0.5) is 0 Å². The number of aryl methyl sites for hydroxylation is 3. The topological polar surface area (TPSA) is 27.8 Å². The Morgan fingerprint density at radius 1 is 1.09 bits per heavy atom. The van der Waals surface area contributed by atoms with Crippen molar-refractivity contribution in [3.63, 3.8) is 0 Å². The van der Waals surface area contributed by atoms with Gasteiger partial charge in [-0.3, -0.25) is 0 Å². The molecule has 0 amide bonds. The molecule has 2 heteroatoms. The number of H-pyrrole nitrogens is 1. The van der Waals surface area contributed by atoms with E-state index in [1.807, 2.05) is 0 Å². The van der Waals surface area contributed by atoms with E-state index in [2.05, 4.69) is 65.8 Å². The van der Waals surface area contributed by atoms with Crippen LogP contribution < -0.4 is 5.32 Å². The molecule has 2 heterocycles. The zero-order valence-corrected chi connectivity index (χ0v) is 13.7. The van der Waals surface area contributed by atoms with Crippen molar-refractivity contribution in [2.75, 3.05) is 6.54 Å². The van der Waals surface area contributed by atoms with Gasteiger partial charge in [0.1, 0.15) is 0 Å². The molecular weight excluding hydrogens is 280 g/mol. The molecule has 0 saturated carbocycles. The Bertz CT molecular complexity index is 801. The van der Waals surface area contributed by atoms with Gasteiger partial charge in [0.05, 0.1) is 0 Å². The van der Waals surface area contributed by atoms with E-state index < -0.39 is 0 Å². The van der Waals surface area contributed by atoms with Crippen molar-refractivity contribution in [1.82, 2.24) is 10.3 Å². The van der Waals surface area contributed by atoms with Crippen molar-refractivity contribution >= 4 is 10.9 Å². The molecule has 0 aliphatic carbocycles. The first kappa shape index (κ1) is 14.5. The van der Waals surface area contributed by atoms with Crippen molar-refractivity contribution in [1.29, 1.82) is 0 Å². The Balaban J connectivity index is 1.68. The van der Waals surface area contributed by atoms with Gasteiger partial charge in [0.2, 0.25) is 0 Å². The molecule has 3 aromatic rings. The highest BCUT2D eigenvalue weighted by atomic mass is 14.9. The zero-order chi connectivity index (χ0) is 15.6. The summed E-state index contributed by atoms with van der Waals surface area (Å²) in [5, 5.41) is 5.20. The highest BCUT2D eigenvalue weighted by Gasteiger charge is 2.22. The van der Waals surface area contributed by atoms with Crippen molar-refractivity contribution in [3.05, 3.63) is 70.9 Å². The van der Waals surface area contributed by atoms with Gasteiger partial charge in [-0.25, -0.2) is 0 Å². The maximum atomic E-state index is 3.79. The lowest BCUT2D eigenvalue weighted by atomic mass is 9.96. The van der Waals surface area contributed by atoms with E-state index in [-0.39, 0.29) is 0 Å². The van der Waals surface area contributed by atoms with E-state index in [0.717, 1.165) is 25.8 Å². The van der Waals surface area contributed by atoms with Gasteiger partial charge in [0.25, 0.3) is 0 Å². The monoisotopic (exact) mass is 304 g/mol. The van der Waals surface area contributed by atoms with Crippen molar-refractivity contribution in [3.8, 4) is 0 Å².